The first-order chi connectivity index (χ1) is 7.02. The second-order valence-corrected chi connectivity index (χ2v) is 4.57. The first-order valence-corrected chi connectivity index (χ1v) is 4.87. The topological polar surface area (TPSA) is 22.2 Å². The fourth-order valence-corrected chi connectivity index (χ4v) is 1.61. The number of benzene rings is 1. The van der Waals surface area contributed by atoms with E-state index in [4.69, 9.17) is 6.57 Å². The van der Waals surface area contributed by atoms with E-state index in [1.807, 2.05) is 24.5 Å². The highest BCUT2D eigenvalue weighted by molar-refractivity contribution is 5.80. The van der Waals surface area contributed by atoms with Crippen molar-refractivity contribution in [2.75, 3.05) is 0 Å². The Morgan fingerprint density at radius 1 is 1.33 bits per heavy atom. The zero-order valence-electron chi connectivity index (χ0n) is 9.15. The van der Waals surface area contributed by atoms with Crippen molar-refractivity contribution in [2.45, 2.75) is 26.3 Å². The zero-order valence-corrected chi connectivity index (χ0v) is 9.15. The average Bonchev–Trinajstić information content (AvgIpc) is 2.59. The smallest absolute Gasteiger partial charge is 0.189 e. The maximum atomic E-state index is 6.94. The van der Waals surface area contributed by atoms with Gasteiger partial charge in [0.1, 0.15) is 0 Å². The molecule has 1 aromatic heterocycles. The molecule has 3 nitrogen and oxygen atoms in total. The first-order valence-electron chi connectivity index (χ1n) is 4.87. The molecule has 1 heterocycles. The fraction of sp³-hybridized carbons (Fsp3) is 0.333. The Morgan fingerprint density at radius 2 is 2.07 bits per heavy atom. The van der Waals surface area contributed by atoms with Gasteiger partial charge in [-0.3, -0.25) is 0 Å². The van der Waals surface area contributed by atoms with Gasteiger partial charge in [-0.05, 0) is 32.9 Å². The predicted octanol–water partition coefficient (Wildman–Crippen LogP) is 3.34. The lowest BCUT2D eigenvalue weighted by atomic mass is 10.1. The van der Waals surface area contributed by atoms with Crippen molar-refractivity contribution in [1.29, 1.82) is 0 Å². The van der Waals surface area contributed by atoms with Crippen LogP contribution in [0, 0.1) is 6.57 Å². The molecule has 0 radical (unpaired) electrons. The Hall–Kier alpha value is -1.82. The SMILES string of the molecule is [C-]#[N+]c1ccc2c(c1)ncn2C(C)(C)C. The lowest BCUT2D eigenvalue weighted by Gasteiger charge is -2.21. The number of nitrogens with zero attached hydrogens (tertiary/aromatic N) is 3. The molecule has 2 aromatic rings. The molecule has 0 unspecified atom stereocenters. The Balaban J connectivity index is 2.69. The maximum absolute atomic E-state index is 6.94. The summed E-state index contributed by atoms with van der Waals surface area (Å²) in [6.45, 7) is 13.3. The number of rotatable bonds is 0. The summed E-state index contributed by atoms with van der Waals surface area (Å²) in [5.74, 6) is 0. The molecule has 76 valence electrons. The van der Waals surface area contributed by atoms with Crippen molar-refractivity contribution in [3.63, 3.8) is 0 Å². The van der Waals surface area contributed by atoms with Gasteiger partial charge in [0, 0.05) is 5.54 Å². The molecule has 0 aliphatic heterocycles. The van der Waals surface area contributed by atoms with Crippen LogP contribution in [0.15, 0.2) is 24.5 Å². The number of aromatic nitrogens is 2. The third-order valence-electron chi connectivity index (χ3n) is 2.38. The van der Waals surface area contributed by atoms with E-state index in [0.29, 0.717) is 5.69 Å². The van der Waals surface area contributed by atoms with E-state index in [0.717, 1.165) is 11.0 Å². The largest absolute Gasteiger partial charge is 0.325 e. The van der Waals surface area contributed by atoms with Crippen molar-refractivity contribution in [3.05, 3.63) is 35.9 Å². The number of fused-ring (bicyclic) bond motifs is 1. The van der Waals surface area contributed by atoms with Crippen LogP contribution in [0.3, 0.4) is 0 Å². The third-order valence-corrected chi connectivity index (χ3v) is 2.38. The van der Waals surface area contributed by atoms with E-state index in [2.05, 4.69) is 35.2 Å². The van der Waals surface area contributed by atoms with Crippen LogP contribution in [0.4, 0.5) is 5.69 Å². The standard InChI is InChI=1S/C12H13N3/c1-12(2,3)15-8-14-10-7-9(13-4)5-6-11(10)15/h5-8H,1-3H3. The Bertz CT molecular complexity index is 538. The van der Waals surface area contributed by atoms with Gasteiger partial charge in [0.25, 0.3) is 0 Å². The average molecular weight is 199 g/mol. The molecular weight excluding hydrogens is 186 g/mol. The van der Waals surface area contributed by atoms with Crippen LogP contribution in [0.5, 0.6) is 0 Å². The van der Waals surface area contributed by atoms with Crippen LogP contribution in [0.2, 0.25) is 0 Å². The second kappa shape index (κ2) is 3.09. The molecule has 0 aliphatic rings. The van der Waals surface area contributed by atoms with Gasteiger partial charge < -0.3 is 4.57 Å². The molecule has 0 saturated heterocycles. The minimum Gasteiger partial charge on any atom is -0.325 e. The molecule has 0 amide bonds. The van der Waals surface area contributed by atoms with Gasteiger partial charge in [-0.25, -0.2) is 9.83 Å². The summed E-state index contributed by atoms with van der Waals surface area (Å²) in [5.41, 5.74) is 2.63. The Kier molecular flexibility index (Phi) is 2.01. The molecule has 0 bridgehead atoms. The molecule has 0 N–H and O–H groups in total. The molecule has 0 saturated carbocycles. The highest BCUT2D eigenvalue weighted by Gasteiger charge is 2.15. The minimum atomic E-state index is 0.0222. The lowest BCUT2D eigenvalue weighted by Crippen LogP contribution is -2.20. The molecule has 0 fully saturated rings. The van der Waals surface area contributed by atoms with E-state index in [9.17, 15) is 0 Å². The predicted molar refractivity (Wildman–Crippen MR) is 61.0 cm³/mol. The van der Waals surface area contributed by atoms with Crippen LogP contribution in [-0.4, -0.2) is 9.55 Å². The van der Waals surface area contributed by atoms with E-state index < -0.39 is 0 Å². The fourth-order valence-electron chi connectivity index (χ4n) is 1.61. The van der Waals surface area contributed by atoms with Crippen molar-refractivity contribution >= 4 is 16.7 Å². The first kappa shape index (κ1) is 9.72. The van der Waals surface area contributed by atoms with Crippen molar-refractivity contribution in [2.24, 2.45) is 0 Å². The third kappa shape index (κ3) is 1.59. The highest BCUT2D eigenvalue weighted by atomic mass is 15.1. The van der Waals surface area contributed by atoms with Crippen LogP contribution in [0.1, 0.15) is 20.8 Å². The van der Waals surface area contributed by atoms with Crippen LogP contribution < -0.4 is 0 Å². The molecule has 3 heteroatoms. The van der Waals surface area contributed by atoms with Crippen LogP contribution in [0.25, 0.3) is 15.9 Å². The van der Waals surface area contributed by atoms with Crippen LogP contribution >= 0.6 is 0 Å². The summed E-state index contributed by atoms with van der Waals surface area (Å²) in [7, 11) is 0. The van der Waals surface area contributed by atoms with E-state index in [1.54, 1.807) is 0 Å². The van der Waals surface area contributed by atoms with Crippen molar-refractivity contribution in [1.82, 2.24) is 9.55 Å². The van der Waals surface area contributed by atoms with Gasteiger partial charge in [0.05, 0.1) is 23.9 Å². The summed E-state index contributed by atoms with van der Waals surface area (Å²) in [6, 6.07) is 5.62. The molecule has 2 rings (SSSR count). The second-order valence-electron chi connectivity index (χ2n) is 4.57. The van der Waals surface area contributed by atoms with Gasteiger partial charge in [0.15, 0.2) is 5.69 Å². The van der Waals surface area contributed by atoms with Gasteiger partial charge in [-0.15, -0.1) is 0 Å². The highest BCUT2D eigenvalue weighted by Crippen LogP contribution is 2.25. The lowest BCUT2D eigenvalue weighted by molar-refractivity contribution is 0.408. The normalized spacial score (nSPS) is 11.6. The molecule has 1 aromatic carbocycles. The Morgan fingerprint density at radius 3 is 2.67 bits per heavy atom. The summed E-state index contributed by atoms with van der Waals surface area (Å²) < 4.78 is 2.12. The van der Waals surface area contributed by atoms with E-state index in [-0.39, 0.29) is 5.54 Å². The van der Waals surface area contributed by atoms with Gasteiger partial charge in [-0.2, -0.15) is 0 Å². The van der Waals surface area contributed by atoms with Crippen molar-refractivity contribution in [3.8, 4) is 0 Å². The maximum Gasteiger partial charge on any atom is 0.189 e. The summed E-state index contributed by atoms with van der Waals surface area (Å²) in [6.07, 6.45) is 1.83. The molecule has 0 aliphatic carbocycles. The molecular formula is C12H13N3. The Labute approximate surface area is 89.2 Å². The number of imidazole rings is 1. The van der Waals surface area contributed by atoms with Gasteiger partial charge in [-0.1, -0.05) is 6.07 Å². The number of hydrogen-bond donors (Lipinski definition) is 0. The van der Waals surface area contributed by atoms with Crippen LogP contribution in [-0.2, 0) is 5.54 Å². The van der Waals surface area contributed by atoms with E-state index in [1.165, 1.54) is 0 Å². The van der Waals surface area contributed by atoms with E-state index >= 15 is 0 Å². The van der Waals surface area contributed by atoms with Crippen molar-refractivity contribution < 1.29 is 0 Å². The quantitative estimate of drug-likeness (QED) is 0.596. The summed E-state index contributed by atoms with van der Waals surface area (Å²) >= 11 is 0. The van der Waals surface area contributed by atoms with Gasteiger partial charge >= 0.3 is 0 Å². The monoisotopic (exact) mass is 199 g/mol. The molecule has 15 heavy (non-hydrogen) atoms. The summed E-state index contributed by atoms with van der Waals surface area (Å²) in [5, 5.41) is 0. The zero-order chi connectivity index (χ0) is 11.1. The van der Waals surface area contributed by atoms with Gasteiger partial charge in [0.2, 0.25) is 0 Å². The number of hydrogen-bond acceptors (Lipinski definition) is 1. The minimum absolute atomic E-state index is 0.0222. The molecule has 0 spiro atoms. The summed E-state index contributed by atoms with van der Waals surface area (Å²) in [4.78, 5) is 7.71. The molecule has 0 atom stereocenters.